The molecule has 0 aliphatic rings. The van der Waals surface area contributed by atoms with Gasteiger partial charge in [-0.2, -0.15) is 0 Å². The highest BCUT2D eigenvalue weighted by Gasteiger charge is 2.08. The van der Waals surface area contributed by atoms with Gasteiger partial charge in [0, 0.05) is 24.6 Å². The minimum Gasteiger partial charge on any atom is -0.352 e. The Morgan fingerprint density at radius 2 is 1.81 bits per heavy atom. The summed E-state index contributed by atoms with van der Waals surface area (Å²) >= 11 is 0. The summed E-state index contributed by atoms with van der Waals surface area (Å²) in [6.07, 6.45) is 3.36. The zero-order valence-corrected chi connectivity index (χ0v) is 15.3. The Morgan fingerprint density at radius 1 is 1.07 bits per heavy atom. The number of nitrogens with one attached hydrogen (secondary N) is 2. The average molecular weight is 364 g/mol. The zero-order chi connectivity index (χ0) is 19.2. The Morgan fingerprint density at radius 3 is 2.52 bits per heavy atom. The lowest BCUT2D eigenvalue weighted by Crippen LogP contribution is -2.26. The number of carbonyl (C=O) groups is 1. The first kappa shape index (κ1) is 18.5. The summed E-state index contributed by atoms with van der Waals surface area (Å²) in [5, 5.41) is 5.89. The van der Waals surface area contributed by atoms with Crippen molar-refractivity contribution in [2.24, 2.45) is 0 Å². The van der Waals surface area contributed by atoms with Crippen LogP contribution < -0.4 is 10.6 Å². The summed E-state index contributed by atoms with van der Waals surface area (Å²) in [6.45, 7) is 4.38. The molecule has 0 bridgehead atoms. The number of hydrogen-bond donors (Lipinski definition) is 2. The fourth-order valence-electron chi connectivity index (χ4n) is 2.70. The van der Waals surface area contributed by atoms with E-state index in [2.05, 4.69) is 26.7 Å². The van der Waals surface area contributed by atoms with Crippen LogP contribution in [0, 0.1) is 19.7 Å². The van der Waals surface area contributed by atoms with Crippen LogP contribution >= 0.6 is 0 Å². The molecule has 1 aromatic heterocycles. The van der Waals surface area contributed by atoms with Crippen LogP contribution in [0.25, 0.3) is 0 Å². The molecule has 0 fully saturated rings. The quantitative estimate of drug-likeness (QED) is 0.695. The largest absolute Gasteiger partial charge is 0.352 e. The van der Waals surface area contributed by atoms with E-state index in [1.165, 1.54) is 24.0 Å². The van der Waals surface area contributed by atoms with Crippen molar-refractivity contribution in [2.75, 3.05) is 11.9 Å². The van der Waals surface area contributed by atoms with Crippen molar-refractivity contribution >= 4 is 17.5 Å². The number of amides is 1. The second-order valence-electron chi connectivity index (χ2n) is 6.34. The molecule has 0 saturated carbocycles. The van der Waals surface area contributed by atoms with Gasteiger partial charge in [0.25, 0.3) is 5.91 Å². The molecular formula is C21H21FN4O. The Balaban J connectivity index is 1.56. The molecule has 1 amide bonds. The van der Waals surface area contributed by atoms with Gasteiger partial charge in [0.15, 0.2) is 0 Å². The molecular weight excluding hydrogens is 343 g/mol. The van der Waals surface area contributed by atoms with Crippen LogP contribution in [0.15, 0.2) is 54.9 Å². The third-order valence-electron chi connectivity index (χ3n) is 4.18. The number of hydrogen-bond acceptors (Lipinski definition) is 4. The van der Waals surface area contributed by atoms with Crippen LogP contribution in [0.3, 0.4) is 0 Å². The third-order valence-corrected chi connectivity index (χ3v) is 4.18. The van der Waals surface area contributed by atoms with Crippen LogP contribution in [0.1, 0.15) is 27.0 Å². The van der Waals surface area contributed by atoms with Gasteiger partial charge in [-0.3, -0.25) is 4.79 Å². The maximum absolute atomic E-state index is 13.6. The first-order valence-electron chi connectivity index (χ1n) is 8.71. The fourth-order valence-corrected chi connectivity index (χ4v) is 2.70. The number of carbonyl (C=O) groups excluding carboxylic acids is 1. The highest BCUT2D eigenvalue weighted by molar-refractivity contribution is 5.93. The van der Waals surface area contributed by atoms with Gasteiger partial charge in [-0.1, -0.05) is 35.9 Å². The Labute approximate surface area is 157 Å². The second-order valence-corrected chi connectivity index (χ2v) is 6.34. The lowest BCUT2D eigenvalue weighted by atomic mass is 10.1. The van der Waals surface area contributed by atoms with E-state index in [0.29, 0.717) is 30.0 Å². The van der Waals surface area contributed by atoms with E-state index in [-0.39, 0.29) is 11.7 Å². The molecule has 27 heavy (non-hydrogen) atoms. The van der Waals surface area contributed by atoms with E-state index in [9.17, 15) is 9.18 Å². The number of benzene rings is 2. The summed E-state index contributed by atoms with van der Waals surface area (Å²) in [6, 6.07) is 12.6. The second kappa shape index (κ2) is 8.40. The smallest absolute Gasteiger partial charge is 0.254 e. The molecule has 6 heteroatoms. The van der Waals surface area contributed by atoms with Crippen LogP contribution in [0.5, 0.6) is 0 Å². The number of anilines is 2. The molecule has 2 N–H and O–H groups in total. The predicted molar refractivity (Wildman–Crippen MR) is 104 cm³/mol. The van der Waals surface area contributed by atoms with Crippen molar-refractivity contribution in [1.82, 2.24) is 15.3 Å². The van der Waals surface area contributed by atoms with E-state index in [4.69, 9.17) is 0 Å². The molecule has 0 radical (unpaired) electrons. The van der Waals surface area contributed by atoms with Crippen molar-refractivity contribution in [1.29, 1.82) is 0 Å². The average Bonchev–Trinajstić information content (AvgIpc) is 2.66. The molecule has 3 aromatic rings. The molecule has 2 aromatic carbocycles. The summed E-state index contributed by atoms with van der Waals surface area (Å²) in [5.74, 6) is -0.133. The highest BCUT2D eigenvalue weighted by Crippen LogP contribution is 2.19. The lowest BCUT2D eigenvalue weighted by Gasteiger charge is -2.09. The summed E-state index contributed by atoms with van der Waals surface area (Å²) in [4.78, 5) is 20.6. The van der Waals surface area contributed by atoms with Crippen molar-refractivity contribution in [2.45, 2.75) is 20.3 Å². The topological polar surface area (TPSA) is 66.9 Å². The Kier molecular flexibility index (Phi) is 5.76. The van der Waals surface area contributed by atoms with Gasteiger partial charge in [0.2, 0.25) is 5.95 Å². The first-order chi connectivity index (χ1) is 13.0. The molecule has 1 heterocycles. The molecule has 0 atom stereocenters. The number of rotatable bonds is 6. The number of nitrogens with zero attached hydrogens (tertiary/aromatic N) is 2. The minimum atomic E-state index is -0.288. The third kappa shape index (κ3) is 4.88. The maximum Gasteiger partial charge on any atom is 0.254 e. The van der Waals surface area contributed by atoms with Gasteiger partial charge >= 0.3 is 0 Å². The maximum atomic E-state index is 13.6. The van der Waals surface area contributed by atoms with E-state index < -0.39 is 0 Å². The van der Waals surface area contributed by atoms with Gasteiger partial charge < -0.3 is 10.6 Å². The zero-order valence-electron chi connectivity index (χ0n) is 15.3. The van der Waals surface area contributed by atoms with Gasteiger partial charge in [-0.25, -0.2) is 14.4 Å². The van der Waals surface area contributed by atoms with Crippen LogP contribution in [0.4, 0.5) is 16.0 Å². The summed E-state index contributed by atoms with van der Waals surface area (Å²) in [7, 11) is 0. The van der Waals surface area contributed by atoms with Gasteiger partial charge in [0.1, 0.15) is 5.82 Å². The highest BCUT2D eigenvalue weighted by atomic mass is 19.1. The molecule has 138 valence electrons. The van der Waals surface area contributed by atoms with Crippen molar-refractivity contribution in [3.8, 4) is 0 Å². The van der Waals surface area contributed by atoms with Gasteiger partial charge in [-0.15, -0.1) is 0 Å². The number of halogens is 1. The number of aryl methyl sites for hydroxylation is 2. The van der Waals surface area contributed by atoms with E-state index in [1.807, 2.05) is 26.0 Å². The van der Waals surface area contributed by atoms with Crippen LogP contribution in [0.2, 0.25) is 0 Å². The van der Waals surface area contributed by atoms with E-state index >= 15 is 0 Å². The lowest BCUT2D eigenvalue weighted by molar-refractivity contribution is 0.0953. The predicted octanol–water partition coefficient (Wildman–Crippen LogP) is 3.95. The fraction of sp³-hybridized carbons (Fsp3) is 0.190. The van der Waals surface area contributed by atoms with Crippen molar-refractivity contribution in [3.63, 3.8) is 0 Å². The monoisotopic (exact) mass is 364 g/mol. The Hall–Kier alpha value is -3.28. The van der Waals surface area contributed by atoms with Crippen molar-refractivity contribution < 1.29 is 9.18 Å². The standard InChI is InChI=1S/C21H21FN4O/c1-14-7-8-19(15(2)11-14)26-21-24-12-17(13-25-21)20(27)23-10-9-16-5-3-4-6-18(16)22/h3-8,11-13H,9-10H2,1-2H3,(H,23,27)(H,24,25,26). The Bertz CT molecular complexity index is 941. The normalized spacial score (nSPS) is 10.5. The van der Waals surface area contributed by atoms with Crippen LogP contribution in [-0.2, 0) is 6.42 Å². The minimum absolute atomic E-state index is 0.267. The molecule has 3 rings (SSSR count). The molecule has 0 saturated heterocycles. The molecule has 0 unspecified atom stereocenters. The SMILES string of the molecule is Cc1ccc(Nc2ncc(C(=O)NCCc3ccccc3F)cn2)c(C)c1. The van der Waals surface area contributed by atoms with E-state index in [0.717, 1.165) is 11.3 Å². The molecule has 0 spiro atoms. The van der Waals surface area contributed by atoms with E-state index in [1.54, 1.807) is 18.2 Å². The van der Waals surface area contributed by atoms with Crippen molar-refractivity contribution in [3.05, 3.63) is 82.9 Å². The first-order valence-corrected chi connectivity index (χ1v) is 8.71. The summed E-state index contributed by atoms with van der Waals surface area (Å²) in [5.41, 5.74) is 4.12. The van der Waals surface area contributed by atoms with Gasteiger partial charge in [0.05, 0.1) is 5.56 Å². The number of aromatic nitrogens is 2. The summed E-state index contributed by atoms with van der Waals surface area (Å²) < 4.78 is 13.6. The molecule has 0 aliphatic carbocycles. The van der Waals surface area contributed by atoms with Crippen LogP contribution in [-0.4, -0.2) is 22.4 Å². The molecule has 0 aliphatic heterocycles. The van der Waals surface area contributed by atoms with Gasteiger partial charge in [-0.05, 0) is 43.5 Å². The molecule has 5 nitrogen and oxygen atoms in total.